The molecule has 1 saturated heterocycles. The Morgan fingerprint density at radius 1 is 1.05 bits per heavy atom. The number of piperazine rings is 1. The van der Waals surface area contributed by atoms with E-state index in [1.807, 2.05) is 4.90 Å². The molecule has 13 heteroatoms. The van der Waals surface area contributed by atoms with Gasteiger partial charge >= 0.3 is 37.7 Å². The first-order valence-electron chi connectivity index (χ1n) is 5.77. The standard InChI is InChI=1S/C8H18N2O4S.Ca.H3O4P/c11-7-5-9-1-3-10(4-2-9)6-8-15(12,13)14;;1-5(2,3)4/h11H,1-8H2,(H,12,13,14);;(H3,1,2,3,4)/q;+2;/p-2. The molecule has 0 amide bonds. The summed E-state index contributed by atoms with van der Waals surface area (Å²) in [5.41, 5.74) is 0. The van der Waals surface area contributed by atoms with Gasteiger partial charge in [-0.1, -0.05) is 0 Å². The van der Waals surface area contributed by atoms with Crippen molar-refractivity contribution in [3.8, 4) is 0 Å². The van der Waals surface area contributed by atoms with Crippen LogP contribution in [-0.2, 0) is 14.7 Å². The Morgan fingerprint density at radius 2 is 1.38 bits per heavy atom. The van der Waals surface area contributed by atoms with Gasteiger partial charge in [-0.3, -0.25) is 14.4 Å². The molecule has 1 heterocycles. The number of rotatable bonds is 5. The van der Waals surface area contributed by atoms with E-state index < -0.39 is 17.9 Å². The fourth-order valence-electron chi connectivity index (χ4n) is 1.62. The fourth-order valence-corrected chi connectivity index (χ4v) is 2.10. The van der Waals surface area contributed by atoms with Crippen LogP contribution in [0.25, 0.3) is 0 Å². The molecule has 0 bridgehead atoms. The van der Waals surface area contributed by atoms with Crippen LogP contribution in [0.3, 0.4) is 0 Å². The minimum atomic E-state index is -4.89. The van der Waals surface area contributed by atoms with Crippen LogP contribution in [0.5, 0.6) is 0 Å². The number of hydrogen-bond acceptors (Lipinski definition) is 8. The molecule has 10 nitrogen and oxygen atoms in total. The largest absolute Gasteiger partial charge is 2.00 e. The van der Waals surface area contributed by atoms with Crippen LogP contribution in [0.2, 0.25) is 0 Å². The minimum Gasteiger partial charge on any atom is -0.756 e. The second kappa shape index (κ2) is 11.7. The topological polar surface area (TPSA) is 164 Å². The molecule has 0 radical (unpaired) electrons. The summed E-state index contributed by atoms with van der Waals surface area (Å²) in [5, 5.41) is 8.72. The molecule has 1 rings (SSSR count). The van der Waals surface area contributed by atoms with Crippen molar-refractivity contribution in [3.63, 3.8) is 0 Å². The number of aliphatic hydroxyl groups is 1. The maximum absolute atomic E-state index is 10.4. The molecule has 0 saturated carbocycles. The predicted octanol–water partition coefficient (Wildman–Crippen LogP) is -3.80. The Balaban J connectivity index is 0. The Morgan fingerprint density at radius 3 is 1.67 bits per heavy atom. The monoisotopic (exact) mass is 374 g/mol. The molecular weight excluding hydrogens is 355 g/mol. The molecule has 0 aromatic heterocycles. The zero-order valence-corrected chi connectivity index (χ0v) is 15.4. The van der Waals surface area contributed by atoms with Crippen LogP contribution in [0.15, 0.2) is 0 Å². The number of hydrogen-bond donors (Lipinski definition) is 3. The predicted molar refractivity (Wildman–Crippen MR) is 72.3 cm³/mol. The number of nitrogens with zero attached hydrogens (tertiary/aromatic N) is 2. The van der Waals surface area contributed by atoms with E-state index in [0.29, 0.717) is 13.1 Å². The molecule has 0 aliphatic carbocycles. The first-order valence-corrected chi connectivity index (χ1v) is 8.88. The fraction of sp³-hybridized carbons (Fsp3) is 1.00. The van der Waals surface area contributed by atoms with Crippen LogP contribution < -0.4 is 4.89 Å². The van der Waals surface area contributed by atoms with Gasteiger partial charge < -0.3 is 24.3 Å². The number of phosphoric acid groups is 1. The Kier molecular flexibility index (Phi) is 13.6. The van der Waals surface area contributed by atoms with E-state index in [9.17, 15) is 13.0 Å². The summed E-state index contributed by atoms with van der Waals surface area (Å²) in [6.07, 6.45) is 0. The van der Waals surface area contributed by atoms with Crippen molar-refractivity contribution in [3.05, 3.63) is 0 Å². The van der Waals surface area contributed by atoms with E-state index >= 15 is 0 Å². The molecule has 0 spiro atoms. The molecule has 1 aliphatic rings. The van der Waals surface area contributed by atoms with Gasteiger partial charge in [0.05, 0.1) is 22.5 Å². The molecular formula is C8H19CaN2O8PS. The third-order valence-electron chi connectivity index (χ3n) is 2.54. The van der Waals surface area contributed by atoms with E-state index in [1.165, 1.54) is 0 Å². The molecule has 0 aromatic rings. The summed E-state index contributed by atoms with van der Waals surface area (Å²) in [7, 11) is -8.98. The molecule has 3 N–H and O–H groups in total. The summed E-state index contributed by atoms with van der Waals surface area (Å²) in [5.74, 6) is -0.312. The van der Waals surface area contributed by atoms with E-state index in [1.54, 1.807) is 0 Å². The van der Waals surface area contributed by atoms with Crippen LogP contribution in [0.1, 0.15) is 0 Å². The number of aliphatic hydroxyl groups excluding tert-OH is 1. The first kappa shape index (κ1) is 24.4. The Bertz CT molecular complexity index is 400. The summed E-state index contributed by atoms with van der Waals surface area (Å²) in [6, 6.07) is 0. The zero-order chi connectivity index (χ0) is 15.8. The van der Waals surface area contributed by atoms with Crippen LogP contribution in [0, 0.1) is 0 Å². The van der Waals surface area contributed by atoms with Gasteiger partial charge in [-0.25, -0.2) is 8.42 Å². The minimum absolute atomic E-state index is 0. The van der Waals surface area contributed by atoms with E-state index in [4.69, 9.17) is 24.4 Å². The first-order chi connectivity index (χ1) is 9.01. The average Bonchev–Trinajstić information content (AvgIpc) is 2.25. The third-order valence-corrected chi connectivity index (χ3v) is 3.22. The molecule has 0 atom stereocenters. The van der Waals surface area contributed by atoms with Crippen LogP contribution in [-0.4, -0.2) is 127 Å². The average molecular weight is 374 g/mol. The summed E-state index contributed by atoms with van der Waals surface area (Å²) in [4.78, 5) is 27.0. The third kappa shape index (κ3) is 19.1. The van der Waals surface area contributed by atoms with Gasteiger partial charge in [0.25, 0.3) is 7.82 Å². The van der Waals surface area contributed by atoms with Crippen molar-refractivity contribution in [2.45, 2.75) is 0 Å². The second-order valence-corrected chi connectivity index (χ2v) is 6.66. The van der Waals surface area contributed by atoms with E-state index in [-0.39, 0.29) is 50.1 Å². The molecule has 21 heavy (non-hydrogen) atoms. The smallest absolute Gasteiger partial charge is 0.756 e. The van der Waals surface area contributed by atoms with Gasteiger partial charge in [0.2, 0.25) is 0 Å². The quantitative estimate of drug-likeness (QED) is 0.247. The molecule has 1 fully saturated rings. The SMILES string of the molecule is O=P([O-])(O)O.O=S(=O)([O-])CCN1CCN(CCO)CC1.[Ca+2]. The van der Waals surface area contributed by atoms with Gasteiger partial charge in [0.1, 0.15) is 0 Å². The summed E-state index contributed by atoms with van der Waals surface area (Å²) >= 11 is 0. The van der Waals surface area contributed by atoms with Crippen molar-refractivity contribution in [1.29, 1.82) is 0 Å². The van der Waals surface area contributed by atoms with Crippen molar-refractivity contribution >= 4 is 55.7 Å². The maximum atomic E-state index is 10.4. The van der Waals surface area contributed by atoms with Gasteiger partial charge in [-0.15, -0.1) is 0 Å². The van der Waals surface area contributed by atoms with E-state index in [0.717, 1.165) is 26.2 Å². The zero-order valence-electron chi connectivity index (χ0n) is 11.5. The molecule has 0 unspecified atom stereocenters. The van der Waals surface area contributed by atoms with Crippen molar-refractivity contribution in [2.24, 2.45) is 0 Å². The van der Waals surface area contributed by atoms with Crippen LogP contribution in [0.4, 0.5) is 0 Å². The van der Waals surface area contributed by atoms with E-state index in [2.05, 4.69) is 4.90 Å². The van der Waals surface area contributed by atoms with Crippen molar-refractivity contribution in [1.82, 2.24) is 9.80 Å². The Labute approximate surface area is 153 Å². The summed E-state index contributed by atoms with van der Waals surface area (Å²) < 4.78 is 40.0. The normalized spacial score (nSPS) is 17.6. The van der Waals surface area contributed by atoms with Crippen molar-refractivity contribution in [2.75, 3.05) is 51.6 Å². The van der Waals surface area contributed by atoms with Crippen LogP contribution >= 0.6 is 7.82 Å². The van der Waals surface area contributed by atoms with Gasteiger partial charge in [-0.2, -0.15) is 0 Å². The van der Waals surface area contributed by atoms with Gasteiger partial charge in [0.15, 0.2) is 0 Å². The van der Waals surface area contributed by atoms with Gasteiger partial charge in [-0.05, 0) is 0 Å². The maximum Gasteiger partial charge on any atom is 2.00 e. The van der Waals surface area contributed by atoms with Gasteiger partial charge in [0, 0.05) is 39.3 Å². The molecule has 1 aliphatic heterocycles. The molecule has 0 aromatic carbocycles. The second-order valence-electron chi connectivity index (χ2n) is 4.16. The molecule has 122 valence electrons. The number of β-amino-alcohol motifs (C(OH)–C–C–N with tert-alkyl or cyclic N) is 1. The summed E-state index contributed by atoms with van der Waals surface area (Å²) in [6.45, 7) is 4.28. The van der Waals surface area contributed by atoms with Crippen molar-refractivity contribution < 1.29 is 37.3 Å². The Hall–Kier alpha value is 1.16.